The van der Waals surface area contributed by atoms with E-state index in [4.69, 9.17) is 0 Å². The van der Waals surface area contributed by atoms with Crippen LogP contribution in [0.1, 0.15) is 16.7 Å². The van der Waals surface area contributed by atoms with Gasteiger partial charge in [-0.15, -0.1) is 0 Å². The van der Waals surface area contributed by atoms with Crippen molar-refractivity contribution in [3.05, 3.63) is 127 Å². The summed E-state index contributed by atoms with van der Waals surface area (Å²) in [5.74, 6) is 0. The van der Waals surface area contributed by atoms with Crippen LogP contribution in [0, 0.1) is 0 Å². The van der Waals surface area contributed by atoms with Gasteiger partial charge >= 0.3 is 0 Å². The molecule has 3 aromatic carbocycles. The zero-order valence-electron chi connectivity index (χ0n) is 14.7. The molecule has 0 aliphatic heterocycles. The normalized spacial score (nSPS) is 8.16. The summed E-state index contributed by atoms with van der Waals surface area (Å²) in [7, 11) is 0. The molecule has 0 amide bonds. The van der Waals surface area contributed by atoms with Gasteiger partial charge < -0.3 is 6.15 Å². The van der Waals surface area contributed by atoms with E-state index in [1.165, 1.54) is 16.7 Å². The van der Waals surface area contributed by atoms with Crippen LogP contribution < -0.4 is 6.15 Å². The zero-order chi connectivity index (χ0) is 17.5. The largest absolute Gasteiger partial charge is 0.344 e. The molecule has 25 heavy (non-hydrogen) atoms. The Kier molecular flexibility index (Phi) is 12.6. The Morgan fingerprint density at radius 2 is 0.600 bits per heavy atom. The van der Waals surface area contributed by atoms with Crippen LogP contribution >= 0.6 is 0 Å². The van der Waals surface area contributed by atoms with Crippen molar-refractivity contribution in [2.24, 2.45) is 0 Å². The van der Waals surface area contributed by atoms with Gasteiger partial charge in [0.25, 0.3) is 0 Å². The van der Waals surface area contributed by atoms with E-state index in [1.807, 2.05) is 109 Å². The average Bonchev–Trinajstić information content (AvgIpc) is 2.71. The van der Waals surface area contributed by atoms with E-state index in [9.17, 15) is 0 Å². The van der Waals surface area contributed by atoms with E-state index in [0.29, 0.717) is 0 Å². The Morgan fingerprint density at radius 1 is 0.400 bits per heavy atom. The summed E-state index contributed by atoms with van der Waals surface area (Å²) in [6, 6.07) is 30.1. The van der Waals surface area contributed by atoms with Crippen molar-refractivity contribution in [1.29, 1.82) is 0 Å². The average molecular weight is 329 g/mol. The predicted octanol–water partition coefficient (Wildman–Crippen LogP) is 7.15. The quantitative estimate of drug-likeness (QED) is 0.544. The van der Waals surface area contributed by atoms with Crippen molar-refractivity contribution in [3.8, 4) is 0 Å². The Balaban J connectivity index is 0.000000339. The van der Waals surface area contributed by atoms with Gasteiger partial charge in [-0.1, -0.05) is 129 Å². The first-order valence-corrected chi connectivity index (χ1v) is 7.82. The van der Waals surface area contributed by atoms with Gasteiger partial charge in [-0.3, -0.25) is 0 Å². The standard InChI is InChI=1S/3C8H8.H3N/c3*1-2-8-6-4-3-5-7-8;/h3*2-7H,1H2;1H3. The smallest absolute Gasteiger partial charge is 0.0263 e. The van der Waals surface area contributed by atoms with E-state index in [2.05, 4.69) is 19.7 Å². The van der Waals surface area contributed by atoms with Crippen LogP contribution in [0.25, 0.3) is 18.2 Å². The molecule has 3 N–H and O–H groups in total. The second kappa shape index (κ2) is 14.4. The van der Waals surface area contributed by atoms with E-state index in [1.54, 1.807) is 0 Å². The first-order chi connectivity index (χ1) is 11.8. The summed E-state index contributed by atoms with van der Waals surface area (Å²) in [6.45, 7) is 10.9. The molecule has 1 nitrogen and oxygen atoms in total. The molecule has 0 fully saturated rings. The lowest BCUT2D eigenvalue weighted by atomic mass is 10.2. The molecule has 0 saturated heterocycles. The highest BCUT2D eigenvalue weighted by atomic mass is 14.0. The molecule has 0 spiro atoms. The summed E-state index contributed by atoms with van der Waals surface area (Å²) in [6.07, 6.45) is 5.50. The fourth-order valence-electron chi connectivity index (χ4n) is 1.77. The highest BCUT2D eigenvalue weighted by Gasteiger charge is 1.77. The van der Waals surface area contributed by atoms with Gasteiger partial charge in [-0.25, -0.2) is 0 Å². The first-order valence-electron chi connectivity index (χ1n) is 7.82. The van der Waals surface area contributed by atoms with Gasteiger partial charge in [0, 0.05) is 0 Å². The number of rotatable bonds is 3. The Hall–Kier alpha value is -3.16. The SMILES string of the molecule is C=Cc1ccccc1.C=Cc1ccccc1.C=Cc1ccccc1.N. The minimum absolute atomic E-state index is 0. The summed E-state index contributed by atoms with van der Waals surface area (Å²) in [4.78, 5) is 0. The van der Waals surface area contributed by atoms with Crippen molar-refractivity contribution in [2.45, 2.75) is 0 Å². The Labute approximate surface area is 152 Å². The van der Waals surface area contributed by atoms with Crippen molar-refractivity contribution < 1.29 is 0 Å². The number of benzene rings is 3. The van der Waals surface area contributed by atoms with Gasteiger partial charge in [0.2, 0.25) is 0 Å². The molecule has 3 aromatic rings. The molecule has 0 unspecified atom stereocenters. The van der Waals surface area contributed by atoms with Crippen LogP contribution in [-0.4, -0.2) is 0 Å². The topological polar surface area (TPSA) is 35.0 Å². The van der Waals surface area contributed by atoms with Crippen LogP contribution in [0.2, 0.25) is 0 Å². The second-order valence-corrected chi connectivity index (χ2v) is 4.84. The molecule has 0 bridgehead atoms. The molecule has 0 heterocycles. The highest BCUT2D eigenvalue weighted by molar-refractivity contribution is 5.46. The maximum absolute atomic E-state index is 3.63. The van der Waals surface area contributed by atoms with E-state index >= 15 is 0 Å². The maximum atomic E-state index is 3.63. The maximum Gasteiger partial charge on any atom is -0.0263 e. The minimum atomic E-state index is 0. The number of hydrogen-bond donors (Lipinski definition) is 1. The molecule has 1 heteroatoms. The van der Waals surface area contributed by atoms with Crippen LogP contribution in [0.5, 0.6) is 0 Å². The summed E-state index contributed by atoms with van der Waals surface area (Å²) >= 11 is 0. The third-order valence-corrected chi connectivity index (χ3v) is 3.11. The Bertz CT molecular complexity index is 597. The van der Waals surface area contributed by atoms with Crippen LogP contribution in [0.3, 0.4) is 0 Å². The molecule has 0 aromatic heterocycles. The number of hydrogen-bond acceptors (Lipinski definition) is 1. The van der Waals surface area contributed by atoms with E-state index in [-0.39, 0.29) is 6.15 Å². The fourth-order valence-corrected chi connectivity index (χ4v) is 1.77. The molecule has 3 rings (SSSR count). The van der Waals surface area contributed by atoms with Gasteiger partial charge in [0.15, 0.2) is 0 Å². The van der Waals surface area contributed by atoms with Crippen molar-refractivity contribution in [3.63, 3.8) is 0 Å². The predicted molar refractivity (Wildman–Crippen MR) is 115 cm³/mol. The lowest BCUT2D eigenvalue weighted by Gasteiger charge is -1.85. The first kappa shape index (κ1) is 21.8. The molecule has 0 radical (unpaired) electrons. The van der Waals surface area contributed by atoms with Gasteiger partial charge in [0.05, 0.1) is 0 Å². The second-order valence-electron chi connectivity index (χ2n) is 4.84. The van der Waals surface area contributed by atoms with Crippen LogP contribution in [0.4, 0.5) is 0 Å². The fraction of sp³-hybridized carbons (Fsp3) is 0. The Morgan fingerprint density at radius 3 is 0.720 bits per heavy atom. The van der Waals surface area contributed by atoms with Crippen LogP contribution in [-0.2, 0) is 0 Å². The lowest BCUT2D eigenvalue weighted by molar-refractivity contribution is 1.67. The van der Waals surface area contributed by atoms with Crippen molar-refractivity contribution >= 4 is 18.2 Å². The van der Waals surface area contributed by atoms with Gasteiger partial charge in [-0.05, 0) is 16.7 Å². The van der Waals surface area contributed by atoms with Crippen molar-refractivity contribution in [1.82, 2.24) is 6.15 Å². The lowest BCUT2D eigenvalue weighted by Crippen LogP contribution is -1.63. The third kappa shape index (κ3) is 10.3. The molecule has 128 valence electrons. The van der Waals surface area contributed by atoms with Crippen LogP contribution in [0.15, 0.2) is 111 Å². The van der Waals surface area contributed by atoms with Crippen molar-refractivity contribution in [2.75, 3.05) is 0 Å². The monoisotopic (exact) mass is 329 g/mol. The summed E-state index contributed by atoms with van der Waals surface area (Å²) < 4.78 is 0. The zero-order valence-corrected chi connectivity index (χ0v) is 14.7. The molecule has 0 aliphatic carbocycles. The molecule has 0 atom stereocenters. The molecular formula is C24H27N. The summed E-state index contributed by atoms with van der Waals surface area (Å²) in [5.41, 5.74) is 3.52. The summed E-state index contributed by atoms with van der Waals surface area (Å²) in [5, 5.41) is 0. The van der Waals surface area contributed by atoms with E-state index < -0.39 is 0 Å². The van der Waals surface area contributed by atoms with Gasteiger partial charge in [0.1, 0.15) is 0 Å². The third-order valence-electron chi connectivity index (χ3n) is 3.11. The molecular weight excluding hydrogens is 302 g/mol. The van der Waals surface area contributed by atoms with Gasteiger partial charge in [-0.2, -0.15) is 0 Å². The highest BCUT2D eigenvalue weighted by Crippen LogP contribution is 1.98. The molecule has 0 saturated carbocycles. The minimum Gasteiger partial charge on any atom is -0.344 e. The molecule has 0 aliphatic rings. The van der Waals surface area contributed by atoms with E-state index in [0.717, 1.165) is 0 Å².